The van der Waals surface area contributed by atoms with Crippen molar-refractivity contribution >= 4 is 11.9 Å². The van der Waals surface area contributed by atoms with Crippen LogP contribution in [0.4, 0.5) is 0 Å². The van der Waals surface area contributed by atoms with E-state index >= 15 is 0 Å². The summed E-state index contributed by atoms with van der Waals surface area (Å²) >= 11 is 0. The van der Waals surface area contributed by atoms with Crippen molar-refractivity contribution in [2.24, 2.45) is 0 Å². The Hall–Kier alpha value is -1.22. The van der Waals surface area contributed by atoms with Crippen molar-refractivity contribution in [3.05, 3.63) is 0 Å². The van der Waals surface area contributed by atoms with Crippen LogP contribution in [0.1, 0.15) is 0 Å². The second kappa shape index (κ2) is 11.6. The normalized spacial score (nSPS) is 11.2. The number of carboxylic acids is 2. The maximum absolute atomic E-state index is 10.8. The third-order valence-corrected chi connectivity index (χ3v) is 2.72. The standard InChI is InChI=1S/C12H26N4O4/c1-13-3-4-14-5-6-16(10-12(19)20)8-7-15(2)9-11(17)18/h13-14H,3-10H2,1-2H3,(H,17,18)(H,19,20). The summed E-state index contributed by atoms with van der Waals surface area (Å²) in [4.78, 5) is 24.8. The van der Waals surface area contributed by atoms with Crippen molar-refractivity contribution < 1.29 is 19.8 Å². The van der Waals surface area contributed by atoms with E-state index < -0.39 is 11.9 Å². The van der Waals surface area contributed by atoms with Gasteiger partial charge in [0.1, 0.15) is 0 Å². The van der Waals surface area contributed by atoms with E-state index in [1.807, 2.05) is 7.05 Å². The minimum atomic E-state index is -0.883. The Kier molecular flexibility index (Phi) is 10.9. The molecule has 0 aliphatic heterocycles. The first-order valence-corrected chi connectivity index (χ1v) is 6.65. The summed E-state index contributed by atoms with van der Waals surface area (Å²) in [5.41, 5.74) is 0. The maximum Gasteiger partial charge on any atom is 0.317 e. The molecule has 0 aromatic heterocycles. The number of nitrogens with one attached hydrogen (secondary N) is 2. The van der Waals surface area contributed by atoms with Crippen molar-refractivity contribution in [1.29, 1.82) is 0 Å². The van der Waals surface area contributed by atoms with E-state index in [9.17, 15) is 9.59 Å². The van der Waals surface area contributed by atoms with Crippen LogP contribution in [0.3, 0.4) is 0 Å². The molecule has 0 saturated heterocycles. The van der Waals surface area contributed by atoms with E-state index in [2.05, 4.69) is 10.6 Å². The minimum absolute atomic E-state index is 0.0331. The number of aliphatic carboxylic acids is 2. The number of hydrogen-bond acceptors (Lipinski definition) is 6. The minimum Gasteiger partial charge on any atom is -0.480 e. The fourth-order valence-electron chi connectivity index (χ4n) is 1.66. The molecule has 0 aromatic rings. The van der Waals surface area contributed by atoms with Crippen LogP contribution in [-0.2, 0) is 9.59 Å². The predicted octanol–water partition coefficient (Wildman–Crippen LogP) is -1.80. The molecule has 8 heteroatoms. The summed E-state index contributed by atoms with van der Waals surface area (Å²) in [6, 6.07) is 0. The number of hydrogen-bond donors (Lipinski definition) is 4. The second-order valence-electron chi connectivity index (χ2n) is 4.65. The summed E-state index contributed by atoms with van der Waals surface area (Å²) in [5, 5.41) is 23.7. The summed E-state index contributed by atoms with van der Waals surface area (Å²) < 4.78 is 0. The lowest BCUT2D eigenvalue weighted by Crippen LogP contribution is -2.41. The number of carbonyl (C=O) groups is 2. The zero-order chi connectivity index (χ0) is 15.4. The lowest BCUT2D eigenvalue weighted by molar-refractivity contribution is -0.140. The second-order valence-corrected chi connectivity index (χ2v) is 4.65. The van der Waals surface area contributed by atoms with Gasteiger partial charge in [0.2, 0.25) is 0 Å². The molecule has 0 radical (unpaired) electrons. The van der Waals surface area contributed by atoms with E-state index in [0.717, 1.165) is 13.1 Å². The monoisotopic (exact) mass is 290 g/mol. The van der Waals surface area contributed by atoms with Gasteiger partial charge >= 0.3 is 11.9 Å². The molecule has 0 aliphatic carbocycles. The third kappa shape index (κ3) is 11.8. The quantitative estimate of drug-likeness (QED) is 0.294. The van der Waals surface area contributed by atoms with Crippen LogP contribution in [0, 0.1) is 0 Å². The summed E-state index contributed by atoms with van der Waals surface area (Å²) in [7, 11) is 3.58. The lowest BCUT2D eigenvalue weighted by atomic mass is 10.4. The van der Waals surface area contributed by atoms with Crippen molar-refractivity contribution in [1.82, 2.24) is 20.4 Å². The summed E-state index contributed by atoms with van der Waals surface area (Å²) in [6.45, 7) is 4.00. The molecule has 0 aromatic carbocycles. The molecule has 20 heavy (non-hydrogen) atoms. The van der Waals surface area contributed by atoms with Crippen LogP contribution in [0.5, 0.6) is 0 Å². The molecule has 4 N–H and O–H groups in total. The SMILES string of the molecule is CNCCNCCN(CCN(C)CC(=O)O)CC(=O)O. The van der Waals surface area contributed by atoms with Crippen LogP contribution < -0.4 is 10.6 Å². The van der Waals surface area contributed by atoms with Crippen molar-refractivity contribution in [3.8, 4) is 0 Å². The van der Waals surface area contributed by atoms with Crippen LogP contribution in [0.15, 0.2) is 0 Å². The molecule has 8 nitrogen and oxygen atoms in total. The Bertz CT molecular complexity index is 289. The Morgan fingerprint density at radius 2 is 1.60 bits per heavy atom. The molecular weight excluding hydrogens is 264 g/mol. The van der Waals surface area contributed by atoms with Crippen LogP contribution in [0.2, 0.25) is 0 Å². The lowest BCUT2D eigenvalue weighted by Gasteiger charge is -2.23. The van der Waals surface area contributed by atoms with Gasteiger partial charge in [-0.2, -0.15) is 0 Å². The third-order valence-electron chi connectivity index (χ3n) is 2.72. The Labute approximate surface area is 119 Å². The van der Waals surface area contributed by atoms with Gasteiger partial charge in [0.25, 0.3) is 0 Å². The molecule has 0 unspecified atom stereocenters. The first kappa shape index (κ1) is 18.8. The highest BCUT2D eigenvalue weighted by Gasteiger charge is 2.11. The highest BCUT2D eigenvalue weighted by atomic mass is 16.4. The zero-order valence-corrected chi connectivity index (χ0v) is 12.3. The Morgan fingerprint density at radius 1 is 0.950 bits per heavy atom. The predicted molar refractivity (Wildman–Crippen MR) is 76.0 cm³/mol. The summed E-state index contributed by atoms with van der Waals surface area (Å²) in [6.07, 6.45) is 0. The van der Waals surface area contributed by atoms with Gasteiger partial charge in [0.15, 0.2) is 0 Å². The van der Waals surface area contributed by atoms with E-state index in [0.29, 0.717) is 26.2 Å². The van der Waals surface area contributed by atoms with Gasteiger partial charge in [-0.05, 0) is 14.1 Å². The molecule has 0 atom stereocenters. The van der Waals surface area contributed by atoms with E-state index in [1.165, 1.54) is 0 Å². The van der Waals surface area contributed by atoms with Gasteiger partial charge < -0.3 is 20.8 Å². The molecule has 0 heterocycles. The molecule has 0 fully saturated rings. The van der Waals surface area contributed by atoms with E-state index in [-0.39, 0.29) is 13.1 Å². The largest absolute Gasteiger partial charge is 0.480 e. The topological polar surface area (TPSA) is 105 Å². The highest BCUT2D eigenvalue weighted by Crippen LogP contribution is 1.90. The average molecular weight is 290 g/mol. The number of nitrogens with zero attached hydrogens (tertiary/aromatic N) is 2. The van der Waals surface area contributed by atoms with Gasteiger partial charge in [-0.3, -0.25) is 19.4 Å². The van der Waals surface area contributed by atoms with Gasteiger partial charge in [0.05, 0.1) is 13.1 Å². The molecule has 0 amide bonds. The van der Waals surface area contributed by atoms with Crippen LogP contribution >= 0.6 is 0 Å². The maximum atomic E-state index is 10.8. The Balaban J connectivity index is 3.95. The molecule has 0 spiro atoms. The van der Waals surface area contributed by atoms with Gasteiger partial charge in [-0.1, -0.05) is 0 Å². The average Bonchev–Trinajstić information content (AvgIpc) is 2.34. The first-order valence-electron chi connectivity index (χ1n) is 6.65. The first-order chi connectivity index (χ1) is 9.45. The van der Waals surface area contributed by atoms with Crippen molar-refractivity contribution in [3.63, 3.8) is 0 Å². The van der Waals surface area contributed by atoms with Crippen LogP contribution in [0.25, 0.3) is 0 Å². The summed E-state index contributed by atoms with van der Waals surface area (Å²) in [5.74, 6) is -1.76. The number of carboxylic acid groups (broad SMARTS) is 2. The number of likely N-dealkylation sites (N-methyl/N-ethyl adjacent to an activating group) is 2. The van der Waals surface area contributed by atoms with Crippen LogP contribution in [-0.4, -0.2) is 98.4 Å². The highest BCUT2D eigenvalue weighted by molar-refractivity contribution is 5.69. The Morgan fingerprint density at radius 3 is 2.15 bits per heavy atom. The smallest absolute Gasteiger partial charge is 0.317 e. The molecule has 118 valence electrons. The molecule has 0 aliphatic rings. The molecule has 0 bridgehead atoms. The van der Waals surface area contributed by atoms with Gasteiger partial charge in [0, 0.05) is 39.3 Å². The van der Waals surface area contributed by atoms with E-state index in [1.54, 1.807) is 16.8 Å². The fourth-order valence-corrected chi connectivity index (χ4v) is 1.66. The molecular formula is C12H26N4O4. The molecule has 0 saturated carbocycles. The van der Waals surface area contributed by atoms with Crippen molar-refractivity contribution in [2.75, 3.05) is 66.5 Å². The van der Waals surface area contributed by atoms with E-state index in [4.69, 9.17) is 10.2 Å². The number of rotatable bonds is 13. The van der Waals surface area contributed by atoms with Crippen molar-refractivity contribution in [2.45, 2.75) is 0 Å². The van der Waals surface area contributed by atoms with Gasteiger partial charge in [-0.15, -0.1) is 0 Å². The van der Waals surface area contributed by atoms with Gasteiger partial charge in [-0.25, -0.2) is 0 Å². The zero-order valence-electron chi connectivity index (χ0n) is 12.3. The fraction of sp³-hybridized carbons (Fsp3) is 0.833. The molecule has 0 rings (SSSR count).